The third kappa shape index (κ3) is 2.67. The lowest BCUT2D eigenvalue weighted by molar-refractivity contribution is 0.100. The maximum absolute atomic E-state index is 11.3. The zero-order chi connectivity index (χ0) is 12.8. The molecule has 90 valence electrons. The van der Waals surface area contributed by atoms with Gasteiger partial charge in [-0.1, -0.05) is 0 Å². The molecular weight excluding hydrogens is 230 g/mol. The number of carbonyl (C=O) groups excluding carboxylic acids is 1. The van der Waals surface area contributed by atoms with Crippen molar-refractivity contribution in [3.8, 4) is 0 Å². The van der Waals surface area contributed by atoms with Gasteiger partial charge < -0.3 is 10.3 Å². The Labute approximate surface area is 104 Å². The molecule has 0 bridgehead atoms. The van der Waals surface area contributed by atoms with E-state index in [4.69, 9.17) is 5.73 Å². The fourth-order valence-corrected chi connectivity index (χ4v) is 1.41. The second-order valence-corrected chi connectivity index (χ2v) is 3.36. The second kappa shape index (κ2) is 5.53. The molecule has 2 rings (SSSR count). The standard InChI is InChI=1S/C12H11N5O/c13-12(18)10-1-7-17-8-6-15-3-2-14-4-5-16-9-11(10)17/h1-9H,(H2,13,18)/b5-4-,8-6-,14-2?,15-3?,16-9?. The van der Waals surface area contributed by atoms with Crippen molar-refractivity contribution in [1.29, 1.82) is 0 Å². The average molecular weight is 241 g/mol. The number of aromatic nitrogens is 1. The molecule has 18 heavy (non-hydrogen) atoms. The zero-order valence-electron chi connectivity index (χ0n) is 9.47. The zero-order valence-corrected chi connectivity index (χ0v) is 9.47. The van der Waals surface area contributed by atoms with Crippen molar-refractivity contribution in [1.82, 2.24) is 4.57 Å². The third-order valence-corrected chi connectivity index (χ3v) is 2.21. The van der Waals surface area contributed by atoms with Crippen LogP contribution in [-0.4, -0.2) is 29.1 Å². The van der Waals surface area contributed by atoms with E-state index in [9.17, 15) is 4.79 Å². The van der Waals surface area contributed by atoms with Crippen LogP contribution in [-0.2, 0) is 0 Å². The van der Waals surface area contributed by atoms with Crippen LogP contribution in [0.5, 0.6) is 0 Å². The predicted octanol–water partition coefficient (Wildman–Crippen LogP) is 1.06. The van der Waals surface area contributed by atoms with Crippen LogP contribution in [0.4, 0.5) is 0 Å². The molecule has 0 atom stereocenters. The van der Waals surface area contributed by atoms with Crippen molar-refractivity contribution < 1.29 is 4.79 Å². The Morgan fingerprint density at radius 1 is 1.11 bits per heavy atom. The van der Waals surface area contributed by atoms with E-state index in [2.05, 4.69) is 15.0 Å². The molecule has 2 heterocycles. The highest BCUT2D eigenvalue weighted by atomic mass is 16.1. The maximum atomic E-state index is 11.3. The maximum Gasteiger partial charge on any atom is 0.250 e. The number of carbonyl (C=O) groups is 1. The van der Waals surface area contributed by atoms with Crippen molar-refractivity contribution in [2.45, 2.75) is 0 Å². The second-order valence-electron chi connectivity index (χ2n) is 3.36. The molecule has 1 aliphatic heterocycles. The van der Waals surface area contributed by atoms with Crippen LogP contribution < -0.4 is 5.73 Å². The van der Waals surface area contributed by atoms with Gasteiger partial charge in [0.2, 0.25) is 0 Å². The summed E-state index contributed by atoms with van der Waals surface area (Å²) in [6.07, 6.45) is 12.7. The van der Waals surface area contributed by atoms with Gasteiger partial charge in [-0.05, 0) is 6.07 Å². The van der Waals surface area contributed by atoms with E-state index in [1.165, 1.54) is 12.4 Å². The summed E-state index contributed by atoms with van der Waals surface area (Å²) in [5.41, 5.74) is 6.29. The van der Waals surface area contributed by atoms with Crippen molar-refractivity contribution in [3.63, 3.8) is 0 Å². The van der Waals surface area contributed by atoms with Gasteiger partial charge in [0.05, 0.1) is 17.5 Å². The summed E-state index contributed by atoms with van der Waals surface area (Å²) < 4.78 is 1.72. The normalized spacial score (nSPS) is 17.6. The molecule has 1 aliphatic rings. The molecule has 0 saturated heterocycles. The molecule has 0 fully saturated rings. The van der Waals surface area contributed by atoms with E-state index in [-0.39, 0.29) is 0 Å². The van der Waals surface area contributed by atoms with Gasteiger partial charge in [0.1, 0.15) is 0 Å². The molecule has 6 nitrogen and oxygen atoms in total. The number of hydrogen-bond acceptors (Lipinski definition) is 4. The smallest absolute Gasteiger partial charge is 0.250 e. The Kier molecular flexibility index (Phi) is 3.60. The lowest BCUT2D eigenvalue weighted by Gasteiger charge is -1.99. The van der Waals surface area contributed by atoms with Crippen LogP contribution >= 0.6 is 0 Å². The van der Waals surface area contributed by atoms with Crippen molar-refractivity contribution in [2.24, 2.45) is 20.7 Å². The molecule has 0 unspecified atom stereocenters. The fraction of sp³-hybridized carbons (Fsp3) is 0. The summed E-state index contributed by atoms with van der Waals surface area (Å²) in [5, 5.41) is 0. The topological polar surface area (TPSA) is 85.1 Å². The van der Waals surface area contributed by atoms with E-state index >= 15 is 0 Å². The molecular formula is C12H11N5O. The van der Waals surface area contributed by atoms with E-state index in [0.29, 0.717) is 11.3 Å². The van der Waals surface area contributed by atoms with Gasteiger partial charge in [-0.15, -0.1) is 0 Å². The fourth-order valence-electron chi connectivity index (χ4n) is 1.41. The van der Waals surface area contributed by atoms with Gasteiger partial charge in [0.15, 0.2) is 0 Å². The summed E-state index contributed by atoms with van der Waals surface area (Å²) in [4.78, 5) is 23.2. The first kappa shape index (κ1) is 11.7. The lowest BCUT2D eigenvalue weighted by atomic mass is 10.2. The first-order valence-electron chi connectivity index (χ1n) is 5.19. The van der Waals surface area contributed by atoms with Gasteiger partial charge in [0.25, 0.3) is 5.91 Å². The Morgan fingerprint density at radius 2 is 1.83 bits per heavy atom. The largest absolute Gasteiger partial charge is 0.366 e. The molecule has 6 heteroatoms. The van der Waals surface area contributed by atoms with Gasteiger partial charge in [-0.3, -0.25) is 19.8 Å². The van der Waals surface area contributed by atoms with Crippen LogP contribution in [0, 0.1) is 0 Å². The summed E-state index contributed by atoms with van der Waals surface area (Å²) in [7, 11) is 0. The van der Waals surface area contributed by atoms with E-state index in [0.717, 1.165) is 0 Å². The number of aliphatic imine (C=N–C) groups is 3. The van der Waals surface area contributed by atoms with Crippen LogP contribution in [0.2, 0.25) is 0 Å². The monoisotopic (exact) mass is 241 g/mol. The number of fused-ring (bicyclic) bond motifs is 1. The minimum atomic E-state index is -0.499. The average Bonchev–Trinajstić information content (AvgIpc) is 2.72. The number of nitrogens with zero attached hydrogens (tertiary/aromatic N) is 4. The SMILES string of the molecule is NC(=O)c1ccn2c1C=N/C=C\N=CC=N/C=C\2. The summed E-state index contributed by atoms with van der Waals surface area (Å²) in [6, 6.07) is 1.64. The molecule has 0 radical (unpaired) electrons. The van der Waals surface area contributed by atoms with Crippen LogP contribution in [0.25, 0.3) is 6.20 Å². The number of nitrogens with two attached hydrogens (primary N) is 1. The highest BCUT2D eigenvalue weighted by Crippen LogP contribution is 2.09. The molecule has 2 N–H and O–H groups in total. The van der Waals surface area contributed by atoms with Crippen molar-refractivity contribution >= 4 is 30.8 Å². The first-order chi connectivity index (χ1) is 8.79. The molecule has 0 saturated carbocycles. The lowest BCUT2D eigenvalue weighted by Crippen LogP contribution is -2.13. The highest BCUT2D eigenvalue weighted by Gasteiger charge is 2.10. The predicted molar refractivity (Wildman–Crippen MR) is 72.0 cm³/mol. The Balaban J connectivity index is 2.47. The van der Waals surface area contributed by atoms with Crippen LogP contribution in [0.1, 0.15) is 16.1 Å². The molecule has 1 aromatic heterocycles. The van der Waals surface area contributed by atoms with Gasteiger partial charge in [-0.2, -0.15) is 0 Å². The molecule has 0 spiro atoms. The summed E-state index contributed by atoms with van der Waals surface area (Å²) in [5.74, 6) is -0.499. The third-order valence-electron chi connectivity index (χ3n) is 2.21. The van der Waals surface area contributed by atoms with E-state index in [1.54, 1.807) is 47.9 Å². The van der Waals surface area contributed by atoms with Crippen LogP contribution in [0.15, 0.2) is 45.8 Å². The van der Waals surface area contributed by atoms with Crippen LogP contribution in [0.3, 0.4) is 0 Å². The number of hydrogen-bond donors (Lipinski definition) is 1. The minimum absolute atomic E-state index is 0.404. The van der Waals surface area contributed by atoms with E-state index < -0.39 is 5.91 Å². The number of rotatable bonds is 1. The number of primary amides is 1. The molecule has 1 amide bonds. The summed E-state index contributed by atoms with van der Waals surface area (Å²) in [6.45, 7) is 0. The van der Waals surface area contributed by atoms with Gasteiger partial charge in [0, 0.05) is 43.4 Å². The first-order valence-corrected chi connectivity index (χ1v) is 5.19. The number of amides is 1. The molecule has 0 aliphatic carbocycles. The van der Waals surface area contributed by atoms with Crippen molar-refractivity contribution in [3.05, 3.63) is 42.1 Å². The highest BCUT2D eigenvalue weighted by molar-refractivity contribution is 6.16. The van der Waals surface area contributed by atoms with E-state index in [1.807, 2.05) is 0 Å². The molecule has 0 aromatic carbocycles. The van der Waals surface area contributed by atoms with Crippen molar-refractivity contribution in [2.75, 3.05) is 0 Å². The Bertz CT molecular complexity index is 590. The summed E-state index contributed by atoms with van der Waals surface area (Å²) >= 11 is 0. The Hall–Kier alpha value is -2.76. The minimum Gasteiger partial charge on any atom is -0.366 e. The molecule has 1 aromatic rings. The van der Waals surface area contributed by atoms with Gasteiger partial charge >= 0.3 is 0 Å². The Morgan fingerprint density at radius 3 is 2.61 bits per heavy atom. The quantitative estimate of drug-likeness (QED) is 0.783. The van der Waals surface area contributed by atoms with Gasteiger partial charge in [-0.25, -0.2) is 0 Å².